The molecule has 0 atom stereocenters. The summed E-state index contributed by atoms with van der Waals surface area (Å²) >= 11 is 0. The minimum atomic E-state index is -3.60. The molecule has 23 heavy (non-hydrogen) atoms. The van der Waals surface area contributed by atoms with Gasteiger partial charge in [0.2, 0.25) is 10.0 Å². The van der Waals surface area contributed by atoms with E-state index in [0.717, 1.165) is 12.8 Å². The van der Waals surface area contributed by atoms with Crippen molar-refractivity contribution >= 4 is 15.9 Å². The molecule has 0 aliphatic rings. The summed E-state index contributed by atoms with van der Waals surface area (Å²) < 4.78 is 27.1. The third-order valence-electron chi connectivity index (χ3n) is 3.44. The minimum Gasteiger partial charge on any atom is -0.342 e. The smallest absolute Gasteiger partial charge is 0.253 e. The number of nitrogens with one attached hydrogen (secondary N) is 1. The number of nitrogens with zero attached hydrogens (tertiary/aromatic N) is 2. The van der Waals surface area contributed by atoms with Gasteiger partial charge in [0.15, 0.2) is 0 Å². The Hall–Kier alpha value is -1.44. The molecule has 0 saturated heterocycles. The van der Waals surface area contributed by atoms with Gasteiger partial charge in [-0.15, -0.1) is 0 Å². The van der Waals surface area contributed by atoms with E-state index in [1.807, 2.05) is 19.0 Å². The van der Waals surface area contributed by atoms with Crippen molar-refractivity contribution in [3.8, 4) is 0 Å². The summed E-state index contributed by atoms with van der Waals surface area (Å²) in [6.07, 6.45) is 1.92. The van der Waals surface area contributed by atoms with Crippen LogP contribution in [0.5, 0.6) is 0 Å². The highest BCUT2D eigenvalue weighted by Crippen LogP contribution is 2.13. The molecule has 0 radical (unpaired) electrons. The van der Waals surface area contributed by atoms with Crippen LogP contribution in [0.4, 0.5) is 0 Å². The molecule has 0 unspecified atom stereocenters. The van der Waals surface area contributed by atoms with Crippen molar-refractivity contribution in [2.24, 2.45) is 0 Å². The molecule has 0 bridgehead atoms. The van der Waals surface area contributed by atoms with E-state index >= 15 is 0 Å². The molecule has 0 saturated carbocycles. The number of sulfonamides is 1. The van der Waals surface area contributed by atoms with E-state index < -0.39 is 10.0 Å². The van der Waals surface area contributed by atoms with Crippen LogP contribution in [0.15, 0.2) is 29.2 Å². The number of amides is 1. The van der Waals surface area contributed by atoms with Crippen LogP contribution in [0.25, 0.3) is 0 Å². The van der Waals surface area contributed by atoms with Crippen molar-refractivity contribution in [3.63, 3.8) is 0 Å². The topological polar surface area (TPSA) is 69.7 Å². The predicted molar refractivity (Wildman–Crippen MR) is 92.1 cm³/mol. The fourth-order valence-corrected chi connectivity index (χ4v) is 3.07. The third kappa shape index (κ3) is 6.29. The van der Waals surface area contributed by atoms with E-state index in [2.05, 4.69) is 11.6 Å². The minimum absolute atomic E-state index is 0.117. The van der Waals surface area contributed by atoms with Gasteiger partial charge in [-0.3, -0.25) is 4.79 Å². The fraction of sp³-hybridized carbons (Fsp3) is 0.562. The van der Waals surface area contributed by atoms with Crippen molar-refractivity contribution in [2.45, 2.75) is 24.7 Å². The predicted octanol–water partition coefficient (Wildman–Crippen LogP) is 1.40. The zero-order chi connectivity index (χ0) is 17.5. The lowest BCUT2D eigenvalue weighted by Crippen LogP contribution is -2.32. The number of carbonyl (C=O) groups excluding carboxylic acids is 1. The highest BCUT2D eigenvalue weighted by Gasteiger charge is 2.17. The molecule has 0 fully saturated rings. The molecule has 0 spiro atoms. The Morgan fingerprint density at radius 1 is 1.17 bits per heavy atom. The van der Waals surface area contributed by atoms with Gasteiger partial charge in [-0.1, -0.05) is 19.4 Å². The Labute approximate surface area is 139 Å². The van der Waals surface area contributed by atoms with Crippen molar-refractivity contribution in [1.82, 2.24) is 14.5 Å². The molecule has 1 aromatic rings. The summed E-state index contributed by atoms with van der Waals surface area (Å²) in [6.45, 7) is 3.65. The summed E-state index contributed by atoms with van der Waals surface area (Å²) in [5.41, 5.74) is 0.388. The molecule has 0 aliphatic carbocycles. The normalized spacial score (nSPS) is 11.7. The number of hydrogen-bond donors (Lipinski definition) is 1. The van der Waals surface area contributed by atoms with Crippen LogP contribution in [0.2, 0.25) is 0 Å². The summed E-state index contributed by atoms with van der Waals surface area (Å²) in [7, 11) is 1.88. The second-order valence-corrected chi connectivity index (χ2v) is 7.58. The Morgan fingerprint density at radius 2 is 1.87 bits per heavy atom. The molecule has 1 N–H and O–H groups in total. The molecule has 7 heteroatoms. The van der Waals surface area contributed by atoms with Gasteiger partial charge in [-0.25, -0.2) is 13.1 Å². The van der Waals surface area contributed by atoms with Gasteiger partial charge in [-0.05, 0) is 38.7 Å². The van der Waals surface area contributed by atoms with Crippen LogP contribution in [-0.2, 0) is 10.0 Å². The quantitative estimate of drug-likeness (QED) is 0.737. The molecular formula is C16H27N3O3S. The zero-order valence-electron chi connectivity index (χ0n) is 14.4. The highest BCUT2D eigenvalue weighted by molar-refractivity contribution is 7.89. The highest BCUT2D eigenvalue weighted by atomic mass is 32.2. The van der Waals surface area contributed by atoms with E-state index in [-0.39, 0.29) is 10.8 Å². The standard InChI is InChI=1S/C16H27N3O3S/c1-5-6-11-19(4)16(20)14-8-7-9-15(13-14)23(21,22)17-10-12-18(2)3/h7-9,13,17H,5-6,10-12H2,1-4H3. The first-order valence-corrected chi connectivity index (χ1v) is 9.26. The maximum absolute atomic E-state index is 12.3. The SMILES string of the molecule is CCCCN(C)C(=O)c1cccc(S(=O)(=O)NCCN(C)C)c1. The number of hydrogen-bond acceptors (Lipinski definition) is 4. The van der Waals surface area contributed by atoms with Gasteiger partial charge >= 0.3 is 0 Å². The fourth-order valence-electron chi connectivity index (χ4n) is 2.00. The summed E-state index contributed by atoms with van der Waals surface area (Å²) in [5.74, 6) is -0.163. The maximum atomic E-state index is 12.3. The van der Waals surface area contributed by atoms with Crippen molar-refractivity contribution < 1.29 is 13.2 Å². The monoisotopic (exact) mass is 341 g/mol. The number of rotatable bonds is 9. The van der Waals surface area contributed by atoms with Gasteiger partial charge in [0.1, 0.15) is 0 Å². The Bertz CT molecular complexity index is 615. The second-order valence-electron chi connectivity index (χ2n) is 5.81. The lowest BCUT2D eigenvalue weighted by Gasteiger charge is -2.17. The van der Waals surface area contributed by atoms with E-state index in [4.69, 9.17) is 0 Å². The van der Waals surface area contributed by atoms with E-state index in [9.17, 15) is 13.2 Å². The van der Waals surface area contributed by atoms with Gasteiger partial charge in [0.05, 0.1) is 4.90 Å². The summed E-state index contributed by atoms with van der Waals surface area (Å²) in [5, 5.41) is 0. The molecule has 0 aromatic heterocycles. The molecule has 130 valence electrons. The number of benzene rings is 1. The van der Waals surface area contributed by atoms with E-state index in [0.29, 0.717) is 25.2 Å². The molecular weight excluding hydrogens is 314 g/mol. The van der Waals surface area contributed by atoms with Crippen LogP contribution < -0.4 is 4.72 Å². The zero-order valence-corrected chi connectivity index (χ0v) is 15.2. The Kier molecular flexibility index (Phi) is 7.67. The molecule has 1 rings (SSSR count). The first-order chi connectivity index (χ1) is 10.8. The molecule has 0 heterocycles. The summed E-state index contributed by atoms with van der Waals surface area (Å²) in [4.78, 5) is 16.0. The number of likely N-dealkylation sites (N-methyl/N-ethyl adjacent to an activating group) is 1. The third-order valence-corrected chi connectivity index (χ3v) is 4.89. The second kappa shape index (κ2) is 9.00. The average Bonchev–Trinajstić information content (AvgIpc) is 2.51. The van der Waals surface area contributed by atoms with Gasteiger partial charge in [0, 0.05) is 32.2 Å². The molecule has 6 nitrogen and oxygen atoms in total. The summed E-state index contributed by atoms with van der Waals surface area (Å²) in [6, 6.07) is 6.18. The van der Waals surface area contributed by atoms with Crippen molar-refractivity contribution in [3.05, 3.63) is 29.8 Å². The molecule has 1 amide bonds. The number of carbonyl (C=O) groups is 1. The maximum Gasteiger partial charge on any atom is 0.253 e. The van der Waals surface area contributed by atoms with E-state index in [1.165, 1.54) is 12.1 Å². The van der Waals surface area contributed by atoms with Gasteiger partial charge in [-0.2, -0.15) is 0 Å². The van der Waals surface area contributed by atoms with E-state index in [1.54, 1.807) is 24.1 Å². The lowest BCUT2D eigenvalue weighted by molar-refractivity contribution is 0.0793. The number of unbranched alkanes of at least 4 members (excludes halogenated alkanes) is 1. The largest absolute Gasteiger partial charge is 0.342 e. The van der Waals surface area contributed by atoms with Crippen LogP contribution in [0.3, 0.4) is 0 Å². The Balaban J connectivity index is 2.85. The van der Waals surface area contributed by atoms with Crippen LogP contribution in [0.1, 0.15) is 30.1 Å². The van der Waals surface area contributed by atoms with Crippen molar-refractivity contribution in [2.75, 3.05) is 40.8 Å². The lowest BCUT2D eigenvalue weighted by atomic mass is 10.2. The Morgan fingerprint density at radius 3 is 2.48 bits per heavy atom. The van der Waals surface area contributed by atoms with Crippen LogP contribution >= 0.6 is 0 Å². The molecule has 0 aliphatic heterocycles. The van der Waals surface area contributed by atoms with Gasteiger partial charge < -0.3 is 9.80 Å². The molecule has 1 aromatic carbocycles. The first-order valence-electron chi connectivity index (χ1n) is 7.78. The van der Waals surface area contributed by atoms with Gasteiger partial charge in [0.25, 0.3) is 5.91 Å². The average molecular weight is 341 g/mol. The van der Waals surface area contributed by atoms with Crippen molar-refractivity contribution in [1.29, 1.82) is 0 Å². The first kappa shape index (κ1) is 19.6. The van der Waals surface area contributed by atoms with Crippen LogP contribution in [-0.4, -0.2) is 64.9 Å². The van der Waals surface area contributed by atoms with Crippen LogP contribution in [0, 0.1) is 0 Å².